The predicted molar refractivity (Wildman–Crippen MR) is 157 cm³/mol. The number of aryl methyl sites for hydroxylation is 2. The van der Waals surface area contributed by atoms with Gasteiger partial charge in [-0.15, -0.1) is 5.10 Å². The normalized spacial score (nSPS) is 17.0. The number of carbonyl (C=O) groups is 1. The van der Waals surface area contributed by atoms with Gasteiger partial charge in [0.05, 0.1) is 44.3 Å². The summed E-state index contributed by atoms with van der Waals surface area (Å²) >= 11 is 0. The second-order valence-corrected chi connectivity index (χ2v) is 11.5. The molecule has 42 heavy (non-hydrogen) atoms. The van der Waals surface area contributed by atoms with Crippen molar-refractivity contribution in [3.05, 3.63) is 47.1 Å². The smallest absolute Gasteiger partial charge is 0.231 e. The van der Waals surface area contributed by atoms with Crippen LogP contribution >= 0.6 is 9.24 Å². The van der Waals surface area contributed by atoms with Crippen LogP contribution in [0.2, 0.25) is 0 Å². The average Bonchev–Trinajstić information content (AvgIpc) is 3.57. The zero-order valence-corrected chi connectivity index (χ0v) is 25.4. The molecule has 3 aromatic rings. The summed E-state index contributed by atoms with van der Waals surface area (Å²) in [6.07, 6.45) is 3.56. The van der Waals surface area contributed by atoms with Gasteiger partial charge in [0.25, 0.3) is 0 Å². The highest BCUT2D eigenvalue weighted by atomic mass is 31.0. The number of alkyl halides is 1. The minimum Gasteiger partial charge on any atom is -0.493 e. The summed E-state index contributed by atoms with van der Waals surface area (Å²) in [6.45, 7) is 3.98. The van der Waals surface area contributed by atoms with Crippen molar-refractivity contribution in [2.75, 3.05) is 26.2 Å². The molecule has 0 radical (unpaired) electrons. The number of aromatic nitrogens is 5. The van der Waals surface area contributed by atoms with Crippen LogP contribution < -0.4 is 15.0 Å². The molecule has 2 aromatic heterocycles. The molecule has 5 rings (SSSR count). The summed E-state index contributed by atoms with van der Waals surface area (Å²) in [5.41, 5.74) is 1.56. The average molecular weight is 601 g/mol. The van der Waals surface area contributed by atoms with Crippen LogP contribution in [0, 0.1) is 17.1 Å². The molecule has 1 amide bonds. The standard InChI is InChI=1S/C28H35F2N8O3P/c1-6-36-14-18(28(2,30)42)33-25(36)17-10-9-16(23(40-4)21(17)29)13-37-19(39)11-12-38-27(37)34-24(35-38)20(26(32-3)41-5)22(31)15-7-8-15/h9-10,14-15,31-32H,6-8,11-13,42H2,1-5H3/b26-20-,31-22?. The van der Waals surface area contributed by atoms with Crippen molar-refractivity contribution in [2.24, 2.45) is 5.92 Å². The maximum atomic E-state index is 16.0. The van der Waals surface area contributed by atoms with Gasteiger partial charge in [0, 0.05) is 37.7 Å². The molecule has 14 heteroatoms. The Balaban J connectivity index is 1.52. The number of halogens is 2. The molecule has 2 N–H and O–H groups in total. The van der Waals surface area contributed by atoms with E-state index in [1.54, 1.807) is 34.6 Å². The Labute approximate surface area is 245 Å². The monoisotopic (exact) mass is 600 g/mol. The Morgan fingerprint density at radius 2 is 2.02 bits per heavy atom. The van der Waals surface area contributed by atoms with Gasteiger partial charge >= 0.3 is 0 Å². The van der Waals surface area contributed by atoms with Gasteiger partial charge in [0.1, 0.15) is 11.4 Å². The van der Waals surface area contributed by atoms with Crippen LogP contribution in [0.3, 0.4) is 0 Å². The lowest BCUT2D eigenvalue weighted by Crippen LogP contribution is -2.37. The molecule has 0 saturated heterocycles. The van der Waals surface area contributed by atoms with E-state index >= 15 is 4.39 Å². The number of imidazole rings is 1. The molecule has 1 aliphatic heterocycles. The predicted octanol–water partition coefficient (Wildman–Crippen LogP) is 4.23. The van der Waals surface area contributed by atoms with E-state index in [0.717, 1.165) is 12.8 Å². The molecular formula is C28H35F2N8O3P. The highest BCUT2D eigenvalue weighted by Gasteiger charge is 2.36. The first-order chi connectivity index (χ1) is 20.0. The zero-order chi connectivity index (χ0) is 30.3. The maximum absolute atomic E-state index is 16.0. The number of carbonyl (C=O) groups excluding carboxylic acids is 1. The van der Waals surface area contributed by atoms with E-state index in [4.69, 9.17) is 14.9 Å². The molecule has 1 saturated carbocycles. The van der Waals surface area contributed by atoms with Crippen molar-refractivity contribution < 1.29 is 23.0 Å². The Morgan fingerprint density at radius 1 is 1.29 bits per heavy atom. The molecule has 1 aromatic carbocycles. The third kappa shape index (κ3) is 5.37. The van der Waals surface area contributed by atoms with Crippen LogP contribution in [-0.4, -0.2) is 57.2 Å². The highest BCUT2D eigenvalue weighted by Crippen LogP contribution is 2.39. The van der Waals surface area contributed by atoms with E-state index in [1.165, 1.54) is 26.0 Å². The number of methoxy groups -OCH3 is 2. The molecule has 2 unspecified atom stereocenters. The quantitative estimate of drug-likeness (QED) is 0.192. The van der Waals surface area contributed by atoms with Crippen LogP contribution in [-0.2, 0) is 34.6 Å². The summed E-state index contributed by atoms with van der Waals surface area (Å²) in [6, 6.07) is 3.23. The lowest BCUT2D eigenvalue weighted by Gasteiger charge is -2.26. The Morgan fingerprint density at radius 3 is 2.62 bits per heavy atom. The van der Waals surface area contributed by atoms with E-state index in [-0.39, 0.29) is 59.4 Å². The van der Waals surface area contributed by atoms with Crippen molar-refractivity contribution >= 4 is 32.4 Å². The van der Waals surface area contributed by atoms with Crippen molar-refractivity contribution in [1.29, 1.82) is 5.41 Å². The molecule has 1 fully saturated rings. The third-order valence-electron chi connectivity index (χ3n) is 7.44. The summed E-state index contributed by atoms with van der Waals surface area (Å²) in [5, 5.41) is 14.5. The van der Waals surface area contributed by atoms with E-state index in [2.05, 4.69) is 29.6 Å². The second-order valence-electron chi connectivity index (χ2n) is 10.5. The minimum absolute atomic E-state index is 0.0265. The molecule has 11 nitrogen and oxygen atoms in total. The number of hydrogen-bond acceptors (Lipinski definition) is 8. The summed E-state index contributed by atoms with van der Waals surface area (Å²) in [7, 11) is 6.66. The first-order valence-corrected chi connectivity index (χ1v) is 14.3. The fraction of sp³-hybridized carbons (Fsp3) is 0.464. The Bertz CT molecular complexity index is 1570. The van der Waals surface area contributed by atoms with Crippen LogP contribution in [0.15, 0.2) is 24.2 Å². The van der Waals surface area contributed by atoms with Crippen LogP contribution in [0.4, 0.5) is 14.7 Å². The van der Waals surface area contributed by atoms with Crippen LogP contribution in [0.5, 0.6) is 5.75 Å². The SMILES string of the molecule is CCn1cc(C(C)(F)P)nc1-c1ccc(CN2C(=O)CCn3nc(/C(C(=N)C4CC4)=C(/NC)OC)nc32)c(OC)c1F. The number of ether oxygens (including phenoxy) is 2. The lowest BCUT2D eigenvalue weighted by atomic mass is 10.1. The molecule has 3 heterocycles. The number of nitrogens with one attached hydrogen (secondary N) is 2. The third-order valence-corrected chi connectivity index (χ3v) is 7.73. The van der Waals surface area contributed by atoms with E-state index in [9.17, 15) is 9.18 Å². The number of amides is 1. The maximum Gasteiger partial charge on any atom is 0.231 e. The summed E-state index contributed by atoms with van der Waals surface area (Å²) in [4.78, 5) is 23.6. The molecule has 2 aliphatic rings. The van der Waals surface area contributed by atoms with E-state index < -0.39 is 11.2 Å². The number of rotatable bonds is 11. The van der Waals surface area contributed by atoms with Gasteiger partial charge in [0.2, 0.25) is 11.9 Å². The molecule has 224 valence electrons. The van der Waals surface area contributed by atoms with Gasteiger partial charge in [0.15, 0.2) is 28.7 Å². The molecule has 1 aliphatic carbocycles. The molecule has 0 spiro atoms. The number of allylic oxidation sites excluding steroid dienone is 1. The zero-order valence-electron chi connectivity index (χ0n) is 24.3. The van der Waals surface area contributed by atoms with Crippen molar-refractivity contribution in [3.63, 3.8) is 0 Å². The van der Waals surface area contributed by atoms with E-state index in [1.807, 2.05) is 6.92 Å². The van der Waals surface area contributed by atoms with E-state index in [0.29, 0.717) is 35.8 Å². The van der Waals surface area contributed by atoms with Crippen molar-refractivity contribution in [2.45, 2.75) is 58.2 Å². The number of nitrogens with zero attached hydrogens (tertiary/aromatic N) is 6. The second kappa shape index (κ2) is 11.4. The molecule has 0 bridgehead atoms. The van der Waals surface area contributed by atoms with Crippen molar-refractivity contribution in [1.82, 2.24) is 29.6 Å². The van der Waals surface area contributed by atoms with Gasteiger partial charge in [-0.05, 0) is 32.8 Å². The largest absolute Gasteiger partial charge is 0.493 e. The van der Waals surface area contributed by atoms with Gasteiger partial charge in [-0.2, -0.15) is 4.98 Å². The van der Waals surface area contributed by atoms with Gasteiger partial charge < -0.3 is 24.8 Å². The number of hydrogen-bond donors (Lipinski definition) is 2. The van der Waals surface area contributed by atoms with Gasteiger partial charge in [-0.3, -0.25) is 9.69 Å². The Hall–Kier alpha value is -3.86. The topological polar surface area (TPSA) is 123 Å². The fourth-order valence-electron chi connectivity index (χ4n) is 5.04. The van der Waals surface area contributed by atoms with Crippen molar-refractivity contribution in [3.8, 4) is 17.1 Å². The van der Waals surface area contributed by atoms with Crippen LogP contribution in [0.1, 0.15) is 50.2 Å². The summed E-state index contributed by atoms with van der Waals surface area (Å²) < 4.78 is 44.9. The lowest BCUT2D eigenvalue weighted by molar-refractivity contribution is -0.119. The Kier molecular flexibility index (Phi) is 8.06. The van der Waals surface area contributed by atoms with Gasteiger partial charge in [-0.1, -0.05) is 15.3 Å². The highest BCUT2D eigenvalue weighted by molar-refractivity contribution is 7.18. The minimum atomic E-state index is -1.78. The number of benzene rings is 1. The number of fused-ring (bicyclic) bond motifs is 1. The summed E-state index contributed by atoms with van der Waals surface area (Å²) in [5.74, 6) is 0.394. The first-order valence-electron chi connectivity index (χ1n) is 13.7. The molecular weight excluding hydrogens is 565 g/mol. The fourth-order valence-corrected chi connectivity index (χ4v) is 5.18. The van der Waals surface area contributed by atoms with Crippen LogP contribution in [0.25, 0.3) is 17.0 Å². The number of anilines is 1. The first kappa shape index (κ1) is 29.6. The van der Waals surface area contributed by atoms with Gasteiger partial charge in [-0.25, -0.2) is 18.4 Å². The molecule has 2 atom stereocenters.